The molecule has 13 heteroatoms. The van der Waals surface area contributed by atoms with Crippen LogP contribution in [-0.2, 0) is 22.7 Å². The molecule has 0 atom stereocenters. The smallest absolute Gasteiger partial charge is 0.374 e. The predicted molar refractivity (Wildman–Crippen MR) is 149 cm³/mol. The first-order valence-corrected chi connectivity index (χ1v) is 13.1. The number of ketones is 2. The molecule has 0 aromatic carbocycles. The maximum atomic E-state index is 13.3. The van der Waals surface area contributed by atoms with Crippen LogP contribution in [0.2, 0.25) is 4.34 Å². The van der Waals surface area contributed by atoms with Gasteiger partial charge in [0.15, 0.2) is 5.78 Å². The van der Waals surface area contributed by atoms with Crippen LogP contribution in [0.25, 0.3) is 11.3 Å². The third-order valence-electron chi connectivity index (χ3n) is 5.72. The fourth-order valence-corrected chi connectivity index (χ4v) is 4.70. The summed E-state index contributed by atoms with van der Waals surface area (Å²) in [4.78, 5) is 67.7. The highest BCUT2D eigenvalue weighted by molar-refractivity contribution is 7.16. The number of nitrogens with one attached hydrogen (secondary N) is 1. The summed E-state index contributed by atoms with van der Waals surface area (Å²) in [6, 6.07) is 9.48. The number of rotatable bonds is 9. The van der Waals surface area contributed by atoms with Crippen LogP contribution in [0.15, 0.2) is 59.8 Å². The number of halogens is 1. The number of carboxylic acids is 1. The van der Waals surface area contributed by atoms with Crippen LogP contribution in [0, 0.1) is 5.41 Å². The Labute approximate surface area is 237 Å². The van der Waals surface area contributed by atoms with E-state index in [4.69, 9.17) is 16.7 Å². The van der Waals surface area contributed by atoms with Crippen molar-refractivity contribution in [3.63, 3.8) is 0 Å². The highest BCUT2D eigenvalue weighted by Crippen LogP contribution is 2.28. The quantitative estimate of drug-likeness (QED) is 0.220. The summed E-state index contributed by atoms with van der Waals surface area (Å²) in [5.41, 5.74) is -1.43. The molecule has 0 saturated heterocycles. The van der Waals surface area contributed by atoms with Crippen LogP contribution in [-0.4, -0.2) is 47.9 Å². The Hall–Kier alpha value is -4.42. The van der Waals surface area contributed by atoms with Gasteiger partial charge < -0.3 is 15.0 Å². The van der Waals surface area contributed by atoms with Gasteiger partial charge in [0.1, 0.15) is 5.82 Å². The molecule has 0 radical (unpaired) electrons. The van der Waals surface area contributed by atoms with E-state index in [1.807, 2.05) is 6.07 Å². The van der Waals surface area contributed by atoms with Crippen molar-refractivity contribution in [2.75, 3.05) is 5.32 Å². The van der Waals surface area contributed by atoms with Crippen LogP contribution in [0.5, 0.6) is 0 Å². The third kappa shape index (κ3) is 6.24. The molecule has 0 spiro atoms. The average molecular weight is 582 g/mol. The number of nitrogens with zero attached hydrogens (tertiary/aromatic N) is 4. The molecule has 11 nitrogen and oxygen atoms in total. The fraction of sp³-hybridized carbons (Fsp3) is 0.222. The molecule has 40 heavy (non-hydrogen) atoms. The van der Waals surface area contributed by atoms with Crippen molar-refractivity contribution >= 4 is 52.2 Å². The molecule has 0 fully saturated rings. The second-order valence-corrected chi connectivity index (χ2v) is 11.6. The Kier molecular flexibility index (Phi) is 8.12. The van der Waals surface area contributed by atoms with Gasteiger partial charge in [0.25, 0.3) is 17.2 Å². The van der Waals surface area contributed by atoms with Crippen molar-refractivity contribution in [2.45, 2.75) is 33.9 Å². The average Bonchev–Trinajstić information content (AvgIpc) is 3.53. The zero-order valence-electron chi connectivity index (χ0n) is 21.7. The summed E-state index contributed by atoms with van der Waals surface area (Å²) in [5, 5.41) is 16.7. The molecule has 0 bridgehead atoms. The molecule has 0 unspecified atom stereocenters. The van der Waals surface area contributed by atoms with Gasteiger partial charge in [0.05, 0.1) is 28.7 Å². The number of carbonyl (C=O) groups excluding carboxylic acids is 3. The van der Waals surface area contributed by atoms with E-state index in [9.17, 15) is 24.0 Å². The minimum atomic E-state index is -1.72. The van der Waals surface area contributed by atoms with Gasteiger partial charge in [0, 0.05) is 46.1 Å². The highest BCUT2D eigenvalue weighted by atomic mass is 35.5. The molecule has 0 aliphatic rings. The summed E-state index contributed by atoms with van der Waals surface area (Å²) >= 11 is 7.41. The fourth-order valence-electron chi connectivity index (χ4n) is 3.68. The molecule has 0 amide bonds. The van der Waals surface area contributed by atoms with E-state index in [1.54, 1.807) is 32.9 Å². The molecule has 4 aromatic heterocycles. The summed E-state index contributed by atoms with van der Waals surface area (Å²) < 4.78 is 2.66. The van der Waals surface area contributed by atoms with E-state index >= 15 is 0 Å². The van der Waals surface area contributed by atoms with Crippen LogP contribution < -0.4 is 10.9 Å². The molecule has 4 aromatic rings. The van der Waals surface area contributed by atoms with Crippen molar-refractivity contribution in [1.82, 2.24) is 19.3 Å². The van der Waals surface area contributed by atoms with E-state index in [1.165, 1.54) is 52.8 Å². The first kappa shape index (κ1) is 28.6. The third-order valence-corrected chi connectivity index (χ3v) is 6.95. The molecular formula is C27H24ClN5O6S. The molecular weight excluding hydrogens is 558 g/mol. The van der Waals surface area contributed by atoms with E-state index in [2.05, 4.69) is 15.4 Å². The second kappa shape index (κ2) is 11.4. The first-order chi connectivity index (χ1) is 18.8. The lowest BCUT2D eigenvalue weighted by Gasteiger charge is -2.18. The lowest BCUT2D eigenvalue weighted by Crippen LogP contribution is -2.31. The van der Waals surface area contributed by atoms with Crippen molar-refractivity contribution in [2.24, 2.45) is 5.41 Å². The van der Waals surface area contributed by atoms with Gasteiger partial charge in [0.2, 0.25) is 0 Å². The maximum Gasteiger partial charge on any atom is 0.374 e. The Morgan fingerprint density at radius 1 is 1.12 bits per heavy atom. The molecule has 0 aliphatic carbocycles. The summed E-state index contributed by atoms with van der Waals surface area (Å²) in [7, 11) is 0. The van der Waals surface area contributed by atoms with Crippen molar-refractivity contribution in [3.05, 3.63) is 85.7 Å². The number of anilines is 1. The van der Waals surface area contributed by atoms with Gasteiger partial charge in [-0.15, -0.1) is 11.3 Å². The van der Waals surface area contributed by atoms with Crippen molar-refractivity contribution in [1.29, 1.82) is 0 Å². The SMILES string of the molecule is CC(C)(C)C(=O)n1nc(-c2cc(C(=O)c3cccnc3)c(=O)n(CC(=O)C(=O)O)c2)cc1NCc1ccc(Cl)s1. The predicted octanol–water partition coefficient (Wildman–Crippen LogP) is 4.00. The lowest BCUT2D eigenvalue weighted by atomic mass is 9.96. The van der Waals surface area contributed by atoms with Gasteiger partial charge in [-0.1, -0.05) is 32.4 Å². The van der Waals surface area contributed by atoms with Crippen LogP contribution >= 0.6 is 22.9 Å². The van der Waals surface area contributed by atoms with Gasteiger partial charge in [-0.2, -0.15) is 9.78 Å². The zero-order valence-corrected chi connectivity index (χ0v) is 23.2. The van der Waals surface area contributed by atoms with Crippen LogP contribution in [0.1, 0.15) is 46.4 Å². The van der Waals surface area contributed by atoms with Crippen LogP contribution in [0.3, 0.4) is 0 Å². The zero-order chi connectivity index (χ0) is 29.2. The number of hydrogen-bond acceptors (Lipinski definition) is 9. The molecule has 2 N–H and O–H groups in total. The number of carboxylic acid groups (broad SMARTS) is 1. The molecule has 0 saturated carbocycles. The van der Waals surface area contributed by atoms with Gasteiger partial charge in [-0.25, -0.2) is 4.79 Å². The maximum absolute atomic E-state index is 13.3. The minimum Gasteiger partial charge on any atom is -0.475 e. The monoisotopic (exact) mass is 581 g/mol. The van der Waals surface area contributed by atoms with Crippen LogP contribution in [0.4, 0.5) is 5.82 Å². The molecule has 0 aliphatic heterocycles. The largest absolute Gasteiger partial charge is 0.475 e. The highest BCUT2D eigenvalue weighted by Gasteiger charge is 2.28. The Balaban J connectivity index is 1.84. The topological polar surface area (TPSA) is 153 Å². The second-order valence-electron chi connectivity index (χ2n) is 9.82. The Morgan fingerprint density at radius 2 is 1.88 bits per heavy atom. The molecule has 206 valence electrons. The van der Waals surface area contributed by atoms with E-state index < -0.39 is 35.1 Å². The number of carbonyl (C=O) groups is 4. The Bertz CT molecular complexity index is 1680. The summed E-state index contributed by atoms with van der Waals surface area (Å²) in [6.07, 6.45) is 3.99. The normalized spacial score (nSPS) is 11.3. The standard InChI is InChI=1S/C27H24ClN5O6S/c1-27(2,3)26(39)33-22(30-12-17-6-7-21(28)40-17)10-19(31-33)16-9-18(23(35)15-5-4-8-29-11-15)24(36)32(13-16)14-20(34)25(37)38/h4-11,13,30H,12,14H2,1-3H3,(H,37,38). The number of thiophene rings is 1. The number of Topliss-reactive ketones (excluding diaryl/α,β-unsaturated/α-hetero) is 1. The summed E-state index contributed by atoms with van der Waals surface area (Å²) in [6.45, 7) is 4.75. The number of hydrogen-bond donors (Lipinski definition) is 2. The number of pyridine rings is 2. The first-order valence-electron chi connectivity index (χ1n) is 11.9. The molecule has 4 heterocycles. The number of aromatic nitrogens is 4. The lowest BCUT2D eigenvalue weighted by molar-refractivity contribution is -0.149. The summed E-state index contributed by atoms with van der Waals surface area (Å²) in [5.74, 6) is -3.62. The molecule has 4 rings (SSSR count). The van der Waals surface area contributed by atoms with Crippen molar-refractivity contribution < 1.29 is 24.3 Å². The van der Waals surface area contributed by atoms with Gasteiger partial charge in [-0.3, -0.25) is 24.2 Å². The minimum absolute atomic E-state index is 0.123. The van der Waals surface area contributed by atoms with E-state index in [-0.39, 0.29) is 28.3 Å². The Morgan fingerprint density at radius 3 is 2.48 bits per heavy atom. The van der Waals surface area contributed by atoms with Gasteiger partial charge >= 0.3 is 5.97 Å². The van der Waals surface area contributed by atoms with Gasteiger partial charge in [-0.05, 0) is 30.3 Å². The number of aliphatic carboxylic acids is 1. The van der Waals surface area contributed by atoms with E-state index in [0.717, 1.165) is 9.44 Å². The van der Waals surface area contributed by atoms with Crippen molar-refractivity contribution in [3.8, 4) is 11.3 Å². The van der Waals surface area contributed by atoms with E-state index in [0.29, 0.717) is 16.7 Å².